The third-order valence-electron chi connectivity index (χ3n) is 2.91. The number of hydrogen-bond donors (Lipinski definition) is 2. The van der Waals surface area contributed by atoms with Crippen molar-refractivity contribution in [3.63, 3.8) is 0 Å². The summed E-state index contributed by atoms with van der Waals surface area (Å²) in [6.45, 7) is 1.73. The van der Waals surface area contributed by atoms with Gasteiger partial charge in [-0.25, -0.2) is 4.79 Å². The first-order chi connectivity index (χ1) is 10.5. The highest BCUT2D eigenvalue weighted by molar-refractivity contribution is 5.95. The third-order valence-corrected chi connectivity index (χ3v) is 2.91. The van der Waals surface area contributed by atoms with Gasteiger partial charge in [-0.1, -0.05) is 30.3 Å². The zero-order valence-electron chi connectivity index (χ0n) is 12.4. The molecule has 22 heavy (non-hydrogen) atoms. The Kier molecular flexibility index (Phi) is 5.13. The van der Waals surface area contributed by atoms with Crippen LogP contribution in [0.2, 0.25) is 0 Å². The molecule has 2 amide bonds. The summed E-state index contributed by atoms with van der Waals surface area (Å²) in [6.07, 6.45) is 1.06. The summed E-state index contributed by atoms with van der Waals surface area (Å²) in [7, 11) is 1.75. The van der Waals surface area contributed by atoms with Crippen molar-refractivity contribution < 1.29 is 14.3 Å². The highest BCUT2D eigenvalue weighted by Gasteiger charge is 2.17. The van der Waals surface area contributed by atoms with Crippen LogP contribution in [0.25, 0.3) is 0 Å². The van der Waals surface area contributed by atoms with E-state index in [2.05, 4.69) is 15.7 Å². The van der Waals surface area contributed by atoms with Gasteiger partial charge in [0.05, 0.1) is 0 Å². The molecular weight excluding hydrogens is 284 g/mol. The van der Waals surface area contributed by atoms with Crippen LogP contribution < -0.4 is 10.6 Å². The summed E-state index contributed by atoms with van der Waals surface area (Å²) in [4.78, 5) is 23.6. The van der Waals surface area contributed by atoms with Gasteiger partial charge in [0, 0.05) is 19.3 Å². The lowest BCUT2D eigenvalue weighted by atomic mass is 10.2. The second-order valence-corrected chi connectivity index (χ2v) is 4.79. The topological polar surface area (TPSA) is 85.2 Å². The fourth-order valence-electron chi connectivity index (χ4n) is 1.72. The third kappa shape index (κ3) is 4.62. The molecule has 0 fully saturated rings. The first kappa shape index (κ1) is 15.6. The molecule has 2 rings (SSSR count). The Morgan fingerprint density at radius 2 is 2.00 bits per heavy atom. The molecule has 7 heteroatoms. The van der Waals surface area contributed by atoms with Crippen molar-refractivity contribution in [2.45, 2.75) is 19.6 Å². The van der Waals surface area contributed by atoms with Gasteiger partial charge in [-0.2, -0.15) is 5.10 Å². The van der Waals surface area contributed by atoms with E-state index in [1.54, 1.807) is 30.9 Å². The molecule has 116 valence electrons. The maximum atomic E-state index is 11.9. The summed E-state index contributed by atoms with van der Waals surface area (Å²) < 4.78 is 6.62. The van der Waals surface area contributed by atoms with Crippen LogP contribution in [0.3, 0.4) is 0 Å². The number of ether oxygens (including phenoxy) is 1. The number of carbonyl (C=O) groups excluding carboxylic acids is 2. The lowest BCUT2D eigenvalue weighted by Crippen LogP contribution is -2.41. The van der Waals surface area contributed by atoms with Crippen molar-refractivity contribution in [2.75, 3.05) is 5.32 Å². The zero-order chi connectivity index (χ0) is 15.9. The smallest absolute Gasteiger partial charge is 0.408 e. The monoisotopic (exact) mass is 302 g/mol. The molecule has 0 saturated heterocycles. The van der Waals surface area contributed by atoms with E-state index in [0.717, 1.165) is 5.56 Å². The van der Waals surface area contributed by atoms with Gasteiger partial charge in [0.15, 0.2) is 5.82 Å². The Morgan fingerprint density at radius 1 is 1.27 bits per heavy atom. The number of alkyl carbamates (subject to hydrolysis) is 1. The summed E-state index contributed by atoms with van der Waals surface area (Å²) in [5, 5.41) is 9.10. The predicted octanol–water partition coefficient (Wildman–Crippen LogP) is 1.67. The molecule has 0 aliphatic carbocycles. The number of nitrogens with zero attached hydrogens (tertiary/aromatic N) is 2. The molecule has 2 aromatic rings. The Morgan fingerprint density at radius 3 is 2.64 bits per heavy atom. The Hall–Kier alpha value is -2.83. The molecule has 7 nitrogen and oxygen atoms in total. The van der Waals surface area contributed by atoms with Crippen LogP contribution in [0, 0.1) is 0 Å². The molecule has 0 aliphatic rings. The molecule has 0 spiro atoms. The number of nitrogens with one attached hydrogen (secondary N) is 2. The van der Waals surface area contributed by atoms with Gasteiger partial charge in [0.1, 0.15) is 12.6 Å². The second-order valence-electron chi connectivity index (χ2n) is 4.79. The first-order valence-electron chi connectivity index (χ1n) is 6.82. The van der Waals surface area contributed by atoms with E-state index in [9.17, 15) is 9.59 Å². The number of benzene rings is 1. The van der Waals surface area contributed by atoms with Gasteiger partial charge in [0.2, 0.25) is 5.91 Å². The van der Waals surface area contributed by atoms with Crippen LogP contribution in [0.15, 0.2) is 42.6 Å². The minimum Gasteiger partial charge on any atom is -0.445 e. The van der Waals surface area contributed by atoms with Gasteiger partial charge in [-0.05, 0) is 12.5 Å². The van der Waals surface area contributed by atoms with E-state index in [1.165, 1.54) is 0 Å². The van der Waals surface area contributed by atoms with Crippen molar-refractivity contribution in [3.05, 3.63) is 48.2 Å². The van der Waals surface area contributed by atoms with Crippen molar-refractivity contribution in [3.8, 4) is 0 Å². The first-order valence-corrected chi connectivity index (χ1v) is 6.82. The Bertz CT molecular complexity index is 639. The number of amides is 2. The molecule has 2 N–H and O–H groups in total. The van der Waals surface area contributed by atoms with E-state index >= 15 is 0 Å². The normalized spacial score (nSPS) is 11.5. The average molecular weight is 302 g/mol. The van der Waals surface area contributed by atoms with Crippen LogP contribution in [0.5, 0.6) is 0 Å². The summed E-state index contributed by atoms with van der Waals surface area (Å²) in [6, 6.07) is 10.2. The minimum atomic E-state index is -0.731. The molecule has 1 aromatic heterocycles. The molecule has 1 atom stereocenters. The van der Waals surface area contributed by atoms with Crippen LogP contribution in [-0.2, 0) is 23.2 Å². The number of hydrogen-bond acceptors (Lipinski definition) is 4. The van der Waals surface area contributed by atoms with Crippen molar-refractivity contribution in [2.24, 2.45) is 7.05 Å². The van der Waals surface area contributed by atoms with Gasteiger partial charge in [0.25, 0.3) is 0 Å². The van der Waals surface area contributed by atoms with E-state index in [-0.39, 0.29) is 12.5 Å². The molecule has 0 aliphatic heterocycles. The SMILES string of the molecule is C[C@@H](NC(=O)OCc1ccccc1)C(=O)Nc1ccn(C)n1. The van der Waals surface area contributed by atoms with E-state index in [4.69, 9.17) is 4.74 Å². The van der Waals surface area contributed by atoms with Crippen LogP contribution in [0.4, 0.5) is 10.6 Å². The standard InChI is InChI=1S/C15H18N4O3/c1-11(14(20)17-13-8-9-19(2)18-13)16-15(21)22-10-12-6-4-3-5-7-12/h3-9,11H,10H2,1-2H3,(H,16,21)(H,17,18,20)/t11-/m1/s1. The highest BCUT2D eigenvalue weighted by atomic mass is 16.5. The minimum absolute atomic E-state index is 0.154. The fourth-order valence-corrected chi connectivity index (χ4v) is 1.72. The Balaban J connectivity index is 1.76. The highest BCUT2D eigenvalue weighted by Crippen LogP contribution is 2.03. The van der Waals surface area contributed by atoms with Crippen molar-refractivity contribution >= 4 is 17.8 Å². The summed E-state index contributed by atoms with van der Waals surface area (Å²) in [5.41, 5.74) is 0.878. The summed E-state index contributed by atoms with van der Waals surface area (Å²) in [5.74, 6) is 0.0640. The number of aromatic nitrogens is 2. The number of carbonyl (C=O) groups is 2. The lowest BCUT2D eigenvalue weighted by Gasteiger charge is -2.13. The Labute approximate surface area is 128 Å². The quantitative estimate of drug-likeness (QED) is 0.880. The average Bonchev–Trinajstić information content (AvgIpc) is 2.91. The number of aryl methyl sites for hydroxylation is 1. The molecule has 1 heterocycles. The van der Waals surface area contributed by atoms with Gasteiger partial charge < -0.3 is 15.4 Å². The van der Waals surface area contributed by atoms with Crippen LogP contribution in [-0.4, -0.2) is 27.8 Å². The maximum Gasteiger partial charge on any atom is 0.408 e. The van der Waals surface area contributed by atoms with E-state index in [0.29, 0.717) is 5.82 Å². The van der Waals surface area contributed by atoms with Crippen LogP contribution >= 0.6 is 0 Å². The van der Waals surface area contributed by atoms with Crippen LogP contribution in [0.1, 0.15) is 12.5 Å². The molecule has 0 bridgehead atoms. The van der Waals surface area contributed by atoms with E-state index < -0.39 is 12.1 Å². The predicted molar refractivity (Wildman–Crippen MR) is 81.1 cm³/mol. The molecule has 0 radical (unpaired) electrons. The molecular formula is C15H18N4O3. The van der Waals surface area contributed by atoms with E-state index in [1.807, 2.05) is 30.3 Å². The van der Waals surface area contributed by atoms with Gasteiger partial charge in [-0.15, -0.1) is 0 Å². The molecule has 0 unspecified atom stereocenters. The second kappa shape index (κ2) is 7.26. The number of anilines is 1. The van der Waals surface area contributed by atoms with Gasteiger partial charge >= 0.3 is 6.09 Å². The molecule has 1 aromatic carbocycles. The van der Waals surface area contributed by atoms with Crippen molar-refractivity contribution in [1.29, 1.82) is 0 Å². The largest absolute Gasteiger partial charge is 0.445 e. The summed E-state index contributed by atoms with van der Waals surface area (Å²) >= 11 is 0. The zero-order valence-corrected chi connectivity index (χ0v) is 12.4. The van der Waals surface area contributed by atoms with Crippen molar-refractivity contribution in [1.82, 2.24) is 15.1 Å². The fraction of sp³-hybridized carbons (Fsp3) is 0.267. The maximum absolute atomic E-state index is 11.9. The number of rotatable bonds is 5. The molecule has 0 saturated carbocycles. The lowest BCUT2D eigenvalue weighted by molar-refractivity contribution is -0.117. The van der Waals surface area contributed by atoms with Gasteiger partial charge in [-0.3, -0.25) is 9.48 Å².